The predicted octanol–water partition coefficient (Wildman–Crippen LogP) is 4.40. The zero-order valence-corrected chi connectivity index (χ0v) is 9.98. The van der Waals surface area contributed by atoms with Crippen molar-refractivity contribution >= 4 is 17.0 Å². The van der Waals surface area contributed by atoms with E-state index in [2.05, 4.69) is 65.7 Å². The highest BCUT2D eigenvalue weighted by Gasteiger charge is 2.12. The highest BCUT2D eigenvalue weighted by atomic mass is 14.7. The molecular weight excluding hydrogens is 218 g/mol. The summed E-state index contributed by atoms with van der Waals surface area (Å²) in [5, 5.41) is 1.36. The van der Waals surface area contributed by atoms with Crippen LogP contribution in [0.25, 0.3) is 28.1 Å². The summed E-state index contributed by atoms with van der Waals surface area (Å²) < 4.78 is 0. The molecule has 1 aromatic heterocycles. The van der Waals surface area contributed by atoms with Crippen LogP contribution in [0.5, 0.6) is 0 Å². The zero-order valence-electron chi connectivity index (χ0n) is 9.98. The van der Waals surface area contributed by atoms with Crippen molar-refractivity contribution in [2.45, 2.75) is 6.42 Å². The Morgan fingerprint density at radius 2 is 1.78 bits per heavy atom. The van der Waals surface area contributed by atoms with E-state index in [-0.39, 0.29) is 0 Å². The quantitative estimate of drug-likeness (QED) is 0.638. The van der Waals surface area contributed by atoms with E-state index in [9.17, 15) is 0 Å². The molecule has 1 heterocycles. The molecule has 0 radical (unpaired) electrons. The number of rotatable bonds is 1. The van der Waals surface area contributed by atoms with Crippen LogP contribution in [0, 0.1) is 0 Å². The van der Waals surface area contributed by atoms with Crippen molar-refractivity contribution in [1.82, 2.24) is 4.98 Å². The summed E-state index contributed by atoms with van der Waals surface area (Å²) in [6.45, 7) is 0. The minimum absolute atomic E-state index is 1.05. The Balaban J connectivity index is 1.95. The van der Waals surface area contributed by atoms with Gasteiger partial charge in [0, 0.05) is 16.6 Å². The van der Waals surface area contributed by atoms with E-state index in [1.54, 1.807) is 0 Å². The first-order chi connectivity index (χ1) is 8.92. The van der Waals surface area contributed by atoms with Crippen LogP contribution < -0.4 is 0 Å². The summed E-state index contributed by atoms with van der Waals surface area (Å²) in [4.78, 5) is 3.47. The summed E-state index contributed by atoms with van der Waals surface area (Å²) in [7, 11) is 0. The first kappa shape index (κ1) is 9.72. The lowest BCUT2D eigenvalue weighted by Gasteiger charge is -2.02. The van der Waals surface area contributed by atoms with E-state index in [1.165, 1.54) is 33.3 Å². The van der Waals surface area contributed by atoms with Gasteiger partial charge in [-0.05, 0) is 41.3 Å². The number of nitrogens with one attached hydrogen (secondary N) is 1. The molecule has 1 nitrogen and oxygen atoms in total. The topological polar surface area (TPSA) is 15.8 Å². The molecule has 18 heavy (non-hydrogen) atoms. The van der Waals surface area contributed by atoms with Crippen LogP contribution in [0.15, 0.2) is 54.6 Å². The summed E-state index contributed by atoms with van der Waals surface area (Å²) in [6.07, 6.45) is 5.45. The number of hydrogen-bond acceptors (Lipinski definition) is 0. The van der Waals surface area contributed by atoms with E-state index in [4.69, 9.17) is 0 Å². The minimum atomic E-state index is 1.05. The third-order valence-corrected chi connectivity index (χ3v) is 3.65. The van der Waals surface area contributed by atoms with Crippen LogP contribution >= 0.6 is 0 Å². The molecule has 0 spiro atoms. The number of H-pyrrole nitrogens is 1. The number of fused-ring (bicyclic) bond motifs is 3. The van der Waals surface area contributed by atoms with Crippen molar-refractivity contribution in [1.29, 1.82) is 0 Å². The van der Waals surface area contributed by atoms with E-state index in [1.807, 2.05) is 0 Å². The summed E-state index contributed by atoms with van der Waals surface area (Å²) in [6, 6.07) is 17.2. The lowest BCUT2D eigenvalue weighted by molar-refractivity contribution is 1.33. The van der Waals surface area contributed by atoms with E-state index in [0.29, 0.717) is 0 Å². The number of benzene rings is 2. The van der Waals surface area contributed by atoms with Crippen molar-refractivity contribution in [2.24, 2.45) is 0 Å². The van der Waals surface area contributed by atoms with Gasteiger partial charge < -0.3 is 4.98 Å². The monoisotopic (exact) mass is 231 g/mol. The standard InChI is InChI=1S/C17H13N/c1-2-5-12(6-3-1)13-9-10-17-15(11-13)14-7-4-8-16(14)18-17/h1-6,8-11,18H,7H2. The van der Waals surface area contributed by atoms with E-state index >= 15 is 0 Å². The van der Waals surface area contributed by atoms with Gasteiger partial charge in [0.2, 0.25) is 0 Å². The van der Waals surface area contributed by atoms with Crippen LogP contribution in [-0.2, 0) is 6.42 Å². The number of aromatic nitrogens is 1. The van der Waals surface area contributed by atoms with Gasteiger partial charge in [0.15, 0.2) is 0 Å². The Morgan fingerprint density at radius 3 is 2.67 bits per heavy atom. The summed E-state index contributed by atoms with van der Waals surface area (Å²) >= 11 is 0. The molecule has 3 aromatic rings. The smallest absolute Gasteiger partial charge is 0.0462 e. The largest absolute Gasteiger partial charge is 0.355 e. The molecule has 0 aliphatic heterocycles. The average Bonchev–Trinajstić information content (AvgIpc) is 2.99. The molecule has 0 amide bonds. The van der Waals surface area contributed by atoms with Crippen LogP contribution in [-0.4, -0.2) is 4.98 Å². The first-order valence-corrected chi connectivity index (χ1v) is 6.28. The van der Waals surface area contributed by atoms with Gasteiger partial charge >= 0.3 is 0 Å². The Labute approximate surface area is 106 Å². The fraction of sp³-hybridized carbons (Fsp3) is 0.0588. The van der Waals surface area contributed by atoms with Crippen molar-refractivity contribution < 1.29 is 0 Å². The molecule has 0 saturated heterocycles. The molecule has 2 aromatic carbocycles. The molecule has 1 aliphatic rings. The second-order valence-electron chi connectivity index (χ2n) is 4.75. The second kappa shape index (κ2) is 3.61. The van der Waals surface area contributed by atoms with Crippen LogP contribution in [0.3, 0.4) is 0 Å². The fourth-order valence-electron chi connectivity index (χ4n) is 2.74. The fourth-order valence-corrected chi connectivity index (χ4v) is 2.74. The molecule has 0 saturated carbocycles. The molecule has 4 rings (SSSR count). The van der Waals surface area contributed by atoms with Gasteiger partial charge in [0.05, 0.1) is 0 Å². The third-order valence-electron chi connectivity index (χ3n) is 3.65. The molecule has 1 N–H and O–H groups in total. The van der Waals surface area contributed by atoms with Crippen molar-refractivity contribution in [3.63, 3.8) is 0 Å². The highest BCUT2D eigenvalue weighted by molar-refractivity contribution is 5.92. The van der Waals surface area contributed by atoms with Gasteiger partial charge in [-0.3, -0.25) is 0 Å². The molecule has 1 aliphatic carbocycles. The van der Waals surface area contributed by atoms with Gasteiger partial charge in [-0.25, -0.2) is 0 Å². The van der Waals surface area contributed by atoms with Crippen molar-refractivity contribution in [3.05, 3.63) is 65.9 Å². The molecule has 0 bridgehead atoms. The molecule has 0 fully saturated rings. The van der Waals surface area contributed by atoms with Crippen molar-refractivity contribution in [3.8, 4) is 11.1 Å². The van der Waals surface area contributed by atoms with E-state index in [0.717, 1.165) is 6.42 Å². The SMILES string of the molecule is C1=Cc2[nH]c3ccc(-c4ccccc4)cc3c2C1. The van der Waals surface area contributed by atoms with Crippen LogP contribution in [0.4, 0.5) is 0 Å². The minimum Gasteiger partial charge on any atom is -0.355 e. The third kappa shape index (κ3) is 1.34. The second-order valence-corrected chi connectivity index (χ2v) is 4.75. The Bertz CT molecular complexity index is 748. The Hall–Kier alpha value is -2.28. The highest BCUT2D eigenvalue weighted by Crippen LogP contribution is 2.31. The summed E-state index contributed by atoms with van der Waals surface area (Å²) in [5.74, 6) is 0. The maximum Gasteiger partial charge on any atom is 0.0462 e. The van der Waals surface area contributed by atoms with Crippen LogP contribution in [0.2, 0.25) is 0 Å². The molecule has 86 valence electrons. The molecule has 1 heteroatoms. The average molecular weight is 231 g/mol. The maximum absolute atomic E-state index is 3.47. The van der Waals surface area contributed by atoms with Crippen LogP contribution in [0.1, 0.15) is 11.3 Å². The van der Waals surface area contributed by atoms with Gasteiger partial charge in [-0.2, -0.15) is 0 Å². The number of allylic oxidation sites excluding steroid dienone is 1. The predicted molar refractivity (Wildman–Crippen MR) is 76.5 cm³/mol. The number of hydrogen-bond donors (Lipinski definition) is 1. The van der Waals surface area contributed by atoms with E-state index < -0.39 is 0 Å². The van der Waals surface area contributed by atoms with Gasteiger partial charge in [0.25, 0.3) is 0 Å². The van der Waals surface area contributed by atoms with Gasteiger partial charge in [-0.1, -0.05) is 42.5 Å². The first-order valence-electron chi connectivity index (χ1n) is 6.28. The summed E-state index contributed by atoms with van der Waals surface area (Å²) in [5.41, 5.74) is 6.51. The Kier molecular flexibility index (Phi) is 1.95. The molecular formula is C17H13N. The van der Waals surface area contributed by atoms with Crippen molar-refractivity contribution in [2.75, 3.05) is 0 Å². The maximum atomic E-state index is 3.47. The van der Waals surface area contributed by atoms with Gasteiger partial charge in [0.1, 0.15) is 0 Å². The normalized spacial score (nSPS) is 13.1. The molecule has 0 unspecified atom stereocenters. The molecule has 0 atom stereocenters. The Morgan fingerprint density at radius 1 is 0.889 bits per heavy atom. The number of aromatic amines is 1. The lowest BCUT2D eigenvalue weighted by Crippen LogP contribution is -1.79. The lowest BCUT2D eigenvalue weighted by atomic mass is 10.0. The zero-order chi connectivity index (χ0) is 11.9. The van der Waals surface area contributed by atoms with Gasteiger partial charge in [-0.15, -0.1) is 0 Å².